The predicted molar refractivity (Wildman–Crippen MR) is 59.2 cm³/mol. The summed E-state index contributed by atoms with van der Waals surface area (Å²) in [6.07, 6.45) is 9.73. The van der Waals surface area contributed by atoms with E-state index in [1.165, 1.54) is 42.7 Å². The summed E-state index contributed by atoms with van der Waals surface area (Å²) in [7, 11) is 0. The van der Waals surface area contributed by atoms with Crippen LogP contribution >= 0.6 is 0 Å². The Labute approximate surface area is 91.1 Å². The molecule has 0 aliphatic carbocycles. The molecule has 1 heterocycles. The van der Waals surface area contributed by atoms with Crippen molar-refractivity contribution >= 4 is 11.8 Å². The summed E-state index contributed by atoms with van der Waals surface area (Å²) >= 11 is 0. The lowest BCUT2D eigenvalue weighted by Gasteiger charge is -2.12. The average Bonchev–Trinajstić information content (AvgIpc) is 2.54. The second-order valence-corrected chi connectivity index (χ2v) is 3.93. The minimum atomic E-state index is -0.159. The molecular weight excluding hydrogens is 190 g/mol. The molecule has 0 spiro atoms. The fraction of sp³-hybridized carbons (Fsp3) is 0.667. The molecule has 1 aliphatic rings. The fourth-order valence-corrected chi connectivity index (χ4v) is 1.70. The molecule has 0 aromatic rings. The average molecular weight is 209 g/mol. The van der Waals surface area contributed by atoms with Crippen molar-refractivity contribution < 1.29 is 9.59 Å². The van der Waals surface area contributed by atoms with E-state index in [0.29, 0.717) is 6.54 Å². The van der Waals surface area contributed by atoms with Gasteiger partial charge in [0.2, 0.25) is 0 Å². The summed E-state index contributed by atoms with van der Waals surface area (Å²) in [5.41, 5.74) is 0. The van der Waals surface area contributed by atoms with Crippen LogP contribution in [-0.4, -0.2) is 23.3 Å². The van der Waals surface area contributed by atoms with Crippen LogP contribution in [0.5, 0.6) is 0 Å². The van der Waals surface area contributed by atoms with E-state index in [0.717, 1.165) is 12.8 Å². The molecule has 0 N–H and O–H groups in total. The van der Waals surface area contributed by atoms with E-state index >= 15 is 0 Å². The van der Waals surface area contributed by atoms with Gasteiger partial charge in [0.25, 0.3) is 11.8 Å². The fourth-order valence-electron chi connectivity index (χ4n) is 1.70. The Hall–Kier alpha value is -1.12. The number of carbonyl (C=O) groups excluding carboxylic acids is 2. The van der Waals surface area contributed by atoms with Crippen LogP contribution in [0.2, 0.25) is 0 Å². The zero-order valence-corrected chi connectivity index (χ0v) is 9.37. The molecule has 2 amide bonds. The Bertz CT molecular complexity index is 240. The molecule has 84 valence electrons. The lowest BCUT2D eigenvalue weighted by molar-refractivity contribution is -0.136. The molecule has 3 heteroatoms. The first-order valence-electron chi connectivity index (χ1n) is 5.79. The van der Waals surface area contributed by atoms with Crippen LogP contribution in [0.25, 0.3) is 0 Å². The van der Waals surface area contributed by atoms with Crippen molar-refractivity contribution in [1.82, 2.24) is 4.90 Å². The highest BCUT2D eigenvalue weighted by Gasteiger charge is 2.21. The molecular formula is C12H19NO2. The first kappa shape index (κ1) is 12.0. The normalized spacial score (nSPS) is 15.4. The van der Waals surface area contributed by atoms with Crippen LogP contribution in [0.4, 0.5) is 0 Å². The highest BCUT2D eigenvalue weighted by Crippen LogP contribution is 2.09. The summed E-state index contributed by atoms with van der Waals surface area (Å²) < 4.78 is 0. The van der Waals surface area contributed by atoms with Crippen molar-refractivity contribution in [2.45, 2.75) is 45.4 Å². The number of carbonyl (C=O) groups is 2. The lowest BCUT2D eigenvalue weighted by Crippen LogP contribution is -2.30. The topological polar surface area (TPSA) is 37.4 Å². The highest BCUT2D eigenvalue weighted by molar-refractivity contribution is 6.12. The number of hydrogen-bond acceptors (Lipinski definition) is 2. The summed E-state index contributed by atoms with van der Waals surface area (Å²) in [6, 6.07) is 0. The minimum Gasteiger partial charge on any atom is -0.275 e. The van der Waals surface area contributed by atoms with E-state index in [4.69, 9.17) is 0 Å². The van der Waals surface area contributed by atoms with Crippen LogP contribution in [-0.2, 0) is 9.59 Å². The van der Waals surface area contributed by atoms with Gasteiger partial charge in [-0.05, 0) is 6.42 Å². The van der Waals surface area contributed by atoms with Gasteiger partial charge >= 0.3 is 0 Å². The smallest absolute Gasteiger partial charge is 0.253 e. The van der Waals surface area contributed by atoms with E-state index < -0.39 is 0 Å². The van der Waals surface area contributed by atoms with Gasteiger partial charge in [0.15, 0.2) is 0 Å². The van der Waals surface area contributed by atoms with Crippen LogP contribution in [0.3, 0.4) is 0 Å². The zero-order valence-electron chi connectivity index (χ0n) is 9.37. The Morgan fingerprint density at radius 3 is 2.07 bits per heavy atom. The third-order valence-electron chi connectivity index (χ3n) is 2.64. The van der Waals surface area contributed by atoms with Crippen LogP contribution in [0, 0.1) is 0 Å². The van der Waals surface area contributed by atoms with Crippen molar-refractivity contribution in [3.8, 4) is 0 Å². The number of nitrogens with zero attached hydrogens (tertiary/aromatic N) is 1. The number of unbranched alkanes of at least 4 members (excludes halogenated alkanes) is 5. The second kappa shape index (κ2) is 6.38. The first-order chi connectivity index (χ1) is 7.25. The molecule has 0 saturated carbocycles. The van der Waals surface area contributed by atoms with Gasteiger partial charge in [-0.2, -0.15) is 0 Å². The molecule has 1 rings (SSSR count). The zero-order chi connectivity index (χ0) is 11.1. The maximum atomic E-state index is 11.2. The van der Waals surface area contributed by atoms with Crippen LogP contribution in [0.1, 0.15) is 45.4 Å². The molecule has 0 saturated heterocycles. The van der Waals surface area contributed by atoms with Gasteiger partial charge in [0, 0.05) is 18.7 Å². The van der Waals surface area contributed by atoms with Crippen molar-refractivity contribution in [2.24, 2.45) is 0 Å². The standard InChI is InChI=1S/C12H19NO2/c1-2-3-4-5-6-7-10-13-11(14)8-9-12(13)15/h8-9H,2-7,10H2,1H3. The first-order valence-corrected chi connectivity index (χ1v) is 5.79. The molecule has 0 aromatic carbocycles. The Morgan fingerprint density at radius 2 is 1.47 bits per heavy atom. The Kier molecular flexibility index (Phi) is 5.08. The van der Waals surface area contributed by atoms with Crippen LogP contribution < -0.4 is 0 Å². The molecule has 3 nitrogen and oxygen atoms in total. The van der Waals surface area contributed by atoms with Crippen molar-refractivity contribution in [3.05, 3.63) is 12.2 Å². The maximum absolute atomic E-state index is 11.2. The third kappa shape index (κ3) is 3.86. The second-order valence-electron chi connectivity index (χ2n) is 3.93. The molecule has 0 radical (unpaired) electrons. The van der Waals surface area contributed by atoms with E-state index in [2.05, 4.69) is 6.92 Å². The lowest BCUT2D eigenvalue weighted by atomic mass is 10.1. The number of imide groups is 1. The van der Waals surface area contributed by atoms with Crippen molar-refractivity contribution in [2.75, 3.05) is 6.54 Å². The maximum Gasteiger partial charge on any atom is 0.253 e. The molecule has 0 fully saturated rings. The third-order valence-corrected chi connectivity index (χ3v) is 2.64. The summed E-state index contributed by atoms with van der Waals surface area (Å²) in [5.74, 6) is -0.317. The van der Waals surface area contributed by atoms with Gasteiger partial charge in [-0.25, -0.2) is 0 Å². The summed E-state index contributed by atoms with van der Waals surface area (Å²) in [6.45, 7) is 2.77. The molecule has 0 aromatic heterocycles. The van der Waals surface area contributed by atoms with Crippen molar-refractivity contribution in [3.63, 3.8) is 0 Å². The SMILES string of the molecule is CCCCCCCCN1C(=O)C=CC1=O. The highest BCUT2D eigenvalue weighted by atomic mass is 16.2. The molecule has 15 heavy (non-hydrogen) atoms. The summed E-state index contributed by atoms with van der Waals surface area (Å²) in [4.78, 5) is 23.7. The van der Waals surface area contributed by atoms with Crippen molar-refractivity contribution in [1.29, 1.82) is 0 Å². The molecule has 1 aliphatic heterocycles. The van der Waals surface area contributed by atoms with E-state index in [1.54, 1.807) is 0 Å². The molecule has 0 atom stereocenters. The number of hydrogen-bond donors (Lipinski definition) is 0. The van der Waals surface area contributed by atoms with E-state index in [1.807, 2.05) is 0 Å². The largest absolute Gasteiger partial charge is 0.275 e. The van der Waals surface area contributed by atoms with Gasteiger partial charge in [-0.3, -0.25) is 14.5 Å². The number of rotatable bonds is 7. The van der Waals surface area contributed by atoms with E-state index in [9.17, 15) is 9.59 Å². The van der Waals surface area contributed by atoms with Gasteiger partial charge in [0.1, 0.15) is 0 Å². The Balaban J connectivity index is 2.05. The summed E-state index contributed by atoms with van der Waals surface area (Å²) in [5, 5.41) is 0. The van der Waals surface area contributed by atoms with Gasteiger partial charge in [0.05, 0.1) is 0 Å². The quantitative estimate of drug-likeness (QED) is 0.476. The minimum absolute atomic E-state index is 0.159. The number of amides is 2. The van der Waals surface area contributed by atoms with Gasteiger partial charge < -0.3 is 0 Å². The molecule has 0 unspecified atom stereocenters. The van der Waals surface area contributed by atoms with Gasteiger partial charge in [-0.1, -0.05) is 39.0 Å². The Morgan fingerprint density at radius 1 is 0.933 bits per heavy atom. The van der Waals surface area contributed by atoms with E-state index in [-0.39, 0.29) is 11.8 Å². The molecule has 0 bridgehead atoms. The predicted octanol–water partition coefficient (Wildman–Crippen LogP) is 2.27. The monoisotopic (exact) mass is 209 g/mol. The van der Waals surface area contributed by atoms with Crippen LogP contribution in [0.15, 0.2) is 12.2 Å². The van der Waals surface area contributed by atoms with Gasteiger partial charge in [-0.15, -0.1) is 0 Å².